The second-order valence-electron chi connectivity index (χ2n) is 5.79. The average Bonchev–Trinajstić information content (AvgIpc) is 2.72. The van der Waals surface area contributed by atoms with Crippen LogP contribution in [0.5, 0.6) is 5.75 Å². The molecule has 6 nitrogen and oxygen atoms in total. The number of nitro groups is 1. The van der Waals surface area contributed by atoms with E-state index in [9.17, 15) is 15.4 Å². The minimum Gasteiger partial charge on any atom is -0.489 e. The number of benzene rings is 3. The zero-order valence-corrected chi connectivity index (χ0v) is 14.4. The van der Waals surface area contributed by atoms with E-state index in [0.29, 0.717) is 17.9 Å². The Morgan fingerprint density at radius 3 is 2.41 bits per heavy atom. The van der Waals surface area contributed by atoms with Gasteiger partial charge in [0.25, 0.3) is 5.69 Å². The Bertz CT molecular complexity index is 968. The molecule has 0 spiro atoms. The van der Waals surface area contributed by atoms with Crippen molar-refractivity contribution >= 4 is 11.4 Å². The molecule has 27 heavy (non-hydrogen) atoms. The first kappa shape index (κ1) is 18.0. The fourth-order valence-electron chi connectivity index (χ4n) is 2.68. The number of anilines is 1. The van der Waals surface area contributed by atoms with Crippen LogP contribution >= 0.6 is 0 Å². The molecule has 0 aromatic heterocycles. The molecule has 6 heteroatoms. The van der Waals surface area contributed by atoms with E-state index in [0.717, 1.165) is 5.56 Å². The molecule has 3 rings (SSSR count). The second-order valence-corrected chi connectivity index (χ2v) is 5.79. The summed E-state index contributed by atoms with van der Waals surface area (Å²) in [5.41, 5.74) is 1.83. The van der Waals surface area contributed by atoms with Gasteiger partial charge in [-0.2, -0.15) is 5.26 Å². The van der Waals surface area contributed by atoms with Crippen molar-refractivity contribution in [3.05, 3.63) is 100 Å². The van der Waals surface area contributed by atoms with Crippen LogP contribution in [0.3, 0.4) is 0 Å². The highest BCUT2D eigenvalue weighted by Gasteiger charge is 2.20. The molecule has 0 saturated carbocycles. The van der Waals surface area contributed by atoms with Gasteiger partial charge in [0.2, 0.25) is 0 Å². The summed E-state index contributed by atoms with van der Waals surface area (Å²) in [5, 5.41) is 23.8. The maximum atomic E-state index is 11.2. The van der Waals surface area contributed by atoms with Crippen LogP contribution in [0.15, 0.2) is 78.9 Å². The Balaban J connectivity index is 1.84. The summed E-state index contributed by atoms with van der Waals surface area (Å²) in [6, 6.07) is 24.5. The molecule has 0 fully saturated rings. The molecule has 0 aliphatic rings. The molecule has 3 aromatic carbocycles. The summed E-state index contributed by atoms with van der Waals surface area (Å²) < 4.78 is 5.90. The van der Waals surface area contributed by atoms with Gasteiger partial charge in [-0.1, -0.05) is 60.7 Å². The van der Waals surface area contributed by atoms with E-state index in [2.05, 4.69) is 11.4 Å². The predicted molar refractivity (Wildman–Crippen MR) is 102 cm³/mol. The summed E-state index contributed by atoms with van der Waals surface area (Å²) >= 11 is 0. The first-order valence-corrected chi connectivity index (χ1v) is 8.34. The summed E-state index contributed by atoms with van der Waals surface area (Å²) in [4.78, 5) is 10.7. The lowest BCUT2D eigenvalue weighted by Gasteiger charge is -2.17. The summed E-state index contributed by atoms with van der Waals surface area (Å²) in [6.45, 7) is 0.363. The third-order valence-corrected chi connectivity index (χ3v) is 4.00. The van der Waals surface area contributed by atoms with Crippen molar-refractivity contribution in [2.45, 2.75) is 12.6 Å². The molecule has 0 saturated heterocycles. The molecular weight excluding hydrogens is 342 g/mol. The average molecular weight is 359 g/mol. The van der Waals surface area contributed by atoms with Gasteiger partial charge in [0, 0.05) is 11.6 Å². The van der Waals surface area contributed by atoms with Crippen molar-refractivity contribution in [3.8, 4) is 11.8 Å². The van der Waals surface area contributed by atoms with Crippen molar-refractivity contribution in [2.75, 3.05) is 5.32 Å². The lowest BCUT2D eigenvalue weighted by atomic mass is 10.1. The Labute approximate surface area is 156 Å². The number of nitriles is 1. The number of nitrogens with zero attached hydrogens (tertiary/aromatic N) is 2. The molecule has 1 N–H and O–H groups in total. The van der Waals surface area contributed by atoms with Gasteiger partial charge in [-0.15, -0.1) is 0 Å². The zero-order valence-electron chi connectivity index (χ0n) is 14.4. The molecule has 0 aliphatic carbocycles. The molecular formula is C21H17N3O3. The minimum absolute atomic E-state index is 0.0829. The van der Waals surface area contributed by atoms with E-state index < -0.39 is 11.0 Å². The molecule has 0 aliphatic heterocycles. The van der Waals surface area contributed by atoms with E-state index in [1.165, 1.54) is 6.07 Å². The SMILES string of the molecule is N#CC(Nc1ccccc1[N+](=O)[O-])c1ccccc1OCc1ccccc1. The number of hydrogen-bond donors (Lipinski definition) is 1. The van der Waals surface area contributed by atoms with Gasteiger partial charge in [-0.25, -0.2) is 0 Å². The Morgan fingerprint density at radius 2 is 1.67 bits per heavy atom. The Kier molecular flexibility index (Phi) is 5.65. The molecule has 0 heterocycles. The Hall–Kier alpha value is -3.85. The third kappa shape index (κ3) is 4.41. The Morgan fingerprint density at radius 1 is 1.00 bits per heavy atom. The number of rotatable bonds is 7. The van der Waals surface area contributed by atoms with E-state index in [1.807, 2.05) is 36.4 Å². The van der Waals surface area contributed by atoms with Crippen molar-refractivity contribution in [1.29, 1.82) is 5.26 Å². The highest BCUT2D eigenvalue weighted by molar-refractivity contribution is 5.63. The van der Waals surface area contributed by atoms with Crippen LogP contribution in [0.2, 0.25) is 0 Å². The summed E-state index contributed by atoms with van der Waals surface area (Å²) in [6.07, 6.45) is 0. The third-order valence-electron chi connectivity index (χ3n) is 4.00. The molecule has 0 bridgehead atoms. The van der Waals surface area contributed by atoms with Crippen LogP contribution in [0.1, 0.15) is 17.2 Å². The van der Waals surface area contributed by atoms with Crippen molar-refractivity contribution in [1.82, 2.24) is 0 Å². The molecule has 1 unspecified atom stereocenters. The molecule has 1 atom stereocenters. The predicted octanol–water partition coefficient (Wildman–Crippen LogP) is 4.85. The van der Waals surface area contributed by atoms with Crippen LogP contribution < -0.4 is 10.1 Å². The van der Waals surface area contributed by atoms with Gasteiger partial charge in [-0.3, -0.25) is 10.1 Å². The quantitative estimate of drug-likeness (QED) is 0.481. The van der Waals surface area contributed by atoms with E-state index in [1.54, 1.807) is 36.4 Å². The lowest BCUT2D eigenvalue weighted by molar-refractivity contribution is -0.384. The highest BCUT2D eigenvalue weighted by Crippen LogP contribution is 2.31. The second kappa shape index (κ2) is 8.50. The maximum absolute atomic E-state index is 11.2. The van der Waals surface area contributed by atoms with Crippen LogP contribution in [0.25, 0.3) is 0 Å². The fraction of sp³-hybridized carbons (Fsp3) is 0.0952. The highest BCUT2D eigenvalue weighted by atomic mass is 16.6. The maximum Gasteiger partial charge on any atom is 0.292 e. The van der Waals surface area contributed by atoms with Crippen LogP contribution in [0, 0.1) is 21.4 Å². The van der Waals surface area contributed by atoms with Crippen LogP contribution in [-0.2, 0) is 6.61 Å². The van der Waals surface area contributed by atoms with Gasteiger partial charge >= 0.3 is 0 Å². The first-order valence-electron chi connectivity index (χ1n) is 8.34. The number of para-hydroxylation sites is 3. The molecule has 3 aromatic rings. The monoisotopic (exact) mass is 359 g/mol. The van der Waals surface area contributed by atoms with Gasteiger partial charge in [0.05, 0.1) is 11.0 Å². The standard InChI is InChI=1S/C21H17N3O3/c22-14-19(23-18-11-5-6-12-20(18)24(25)26)17-10-4-7-13-21(17)27-15-16-8-2-1-3-9-16/h1-13,19,23H,15H2. The largest absolute Gasteiger partial charge is 0.489 e. The number of nitro benzene ring substituents is 1. The van der Waals surface area contributed by atoms with E-state index in [4.69, 9.17) is 4.74 Å². The van der Waals surface area contributed by atoms with Crippen LogP contribution in [0.4, 0.5) is 11.4 Å². The summed E-state index contributed by atoms with van der Waals surface area (Å²) in [5.74, 6) is 0.555. The first-order chi connectivity index (χ1) is 13.2. The van der Waals surface area contributed by atoms with E-state index in [-0.39, 0.29) is 11.4 Å². The molecule has 134 valence electrons. The zero-order chi connectivity index (χ0) is 19.1. The van der Waals surface area contributed by atoms with Crippen molar-refractivity contribution in [3.63, 3.8) is 0 Å². The minimum atomic E-state index is -0.793. The molecule has 0 amide bonds. The van der Waals surface area contributed by atoms with Gasteiger partial charge in [-0.05, 0) is 17.7 Å². The normalized spacial score (nSPS) is 11.2. The van der Waals surface area contributed by atoms with Crippen LogP contribution in [-0.4, -0.2) is 4.92 Å². The van der Waals surface area contributed by atoms with Gasteiger partial charge < -0.3 is 10.1 Å². The number of hydrogen-bond acceptors (Lipinski definition) is 5. The number of ether oxygens (including phenoxy) is 1. The van der Waals surface area contributed by atoms with E-state index >= 15 is 0 Å². The summed E-state index contributed by atoms with van der Waals surface area (Å²) in [7, 11) is 0. The van der Waals surface area contributed by atoms with Crippen molar-refractivity contribution < 1.29 is 9.66 Å². The lowest BCUT2D eigenvalue weighted by Crippen LogP contribution is -2.11. The van der Waals surface area contributed by atoms with Crippen molar-refractivity contribution in [2.24, 2.45) is 0 Å². The fourth-order valence-corrected chi connectivity index (χ4v) is 2.68. The smallest absolute Gasteiger partial charge is 0.292 e. The van der Waals surface area contributed by atoms with Gasteiger partial charge in [0.15, 0.2) is 0 Å². The molecule has 0 radical (unpaired) electrons. The topological polar surface area (TPSA) is 88.2 Å². The number of nitrogens with one attached hydrogen (secondary N) is 1. The van der Waals surface area contributed by atoms with Gasteiger partial charge in [0.1, 0.15) is 24.1 Å².